The molecule has 2 aromatic carbocycles. The summed E-state index contributed by atoms with van der Waals surface area (Å²) in [4.78, 5) is 30.8. The smallest absolute Gasteiger partial charge is 0.305 e. The lowest BCUT2D eigenvalue weighted by atomic mass is 10.1. The molecule has 0 unspecified atom stereocenters. The lowest BCUT2D eigenvalue weighted by molar-refractivity contribution is -0.140. The first-order valence-corrected chi connectivity index (χ1v) is 10.7. The first-order valence-electron chi connectivity index (χ1n) is 9.80. The highest BCUT2D eigenvalue weighted by Crippen LogP contribution is 2.32. The number of aromatic nitrogens is 2. The molecule has 5 nitrogen and oxygen atoms in total. The van der Waals surface area contributed by atoms with Crippen LogP contribution in [0.2, 0.25) is 0 Å². The second-order valence-corrected chi connectivity index (χ2v) is 7.99. The van der Waals surface area contributed by atoms with Crippen LogP contribution in [0.1, 0.15) is 18.4 Å². The number of hydrogen-bond acceptors (Lipinski definition) is 5. The molecular formula is C24H22N2O3S. The number of benzene rings is 2. The Bertz CT molecular complexity index is 1240. The number of ether oxygens (including phenoxy) is 1. The van der Waals surface area contributed by atoms with Crippen LogP contribution < -0.4 is 5.56 Å². The van der Waals surface area contributed by atoms with Gasteiger partial charge in [0.25, 0.3) is 5.56 Å². The van der Waals surface area contributed by atoms with Crippen LogP contribution in [0.3, 0.4) is 0 Å². The lowest BCUT2D eigenvalue weighted by Gasteiger charge is -2.13. The molecule has 0 N–H and O–H groups in total. The number of nitrogens with zero attached hydrogens (tertiary/aromatic N) is 2. The molecule has 0 aliphatic carbocycles. The first-order chi connectivity index (χ1) is 14.6. The summed E-state index contributed by atoms with van der Waals surface area (Å²) in [6, 6.07) is 17.8. The number of carbonyl (C=O) groups excluding carboxylic acids is 1. The van der Waals surface area contributed by atoms with Gasteiger partial charge in [0.1, 0.15) is 10.7 Å². The van der Waals surface area contributed by atoms with Gasteiger partial charge in [0.15, 0.2) is 0 Å². The number of thiophene rings is 1. The van der Waals surface area contributed by atoms with E-state index < -0.39 is 0 Å². The standard InChI is InChI=1S/C24H22N2O3S/c1-16-10-12-18(13-11-16)22-25-23-21(19(15-30-23)17-7-4-3-5-8-17)24(28)26(22)14-6-9-20(27)29-2/h3-5,7-8,10-13,15H,6,9,14H2,1-2H3. The van der Waals surface area contributed by atoms with Crippen LogP contribution >= 0.6 is 11.3 Å². The van der Waals surface area contributed by atoms with E-state index in [2.05, 4.69) is 0 Å². The number of esters is 1. The Hall–Kier alpha value is -3.25. The molecule has 0 aliphatic heterocycles. The Morgan fingerprint density at radius 1 is 1.07 bits per heavy atom. The van der Waals surface area contributed by atoms with E-state index in [4.69, 9.17) is 9.72 Å². The molecule has 4 aromatic rings. The van der Waals surface area contributed by atoms with Crippen LogP contribution in [-0.2, 0) is 16.1 Å². The van der Waals surface area contributed by atoms with E-state index >= 15 is 0 Å². The van der Waals surface area contributed by atoms with Gasteiger partial charge in [-0.15, -0.1) is 11.3 Å². The van der Waals surface area contributed by atoms with Gasteiger partial charge in [-0.1, -0.05) is 60.2 Å². The molecule has 0 spiro atoms. The van der Waals surface area contributed by atoms with Crippen molar-refractivity contribution in [3.8, 4) is 22.5 Å². The van der Waals surface area contributed by atoms with Crippen molar-refractivity contribution in [2.45, 2.75) is 26.3 Å². The molecule has 0 amide bonds. The number of hydrogen-bond donors (Lipinski definition) is 0. The number of fused-ring (bicyclic) bond motifs is 1. The predicted octanol–water partition coefficient (Wildman–Crippen LogP) is 5.05. The zero-order chi connectivity index (χ0) is 21.1. The molecule has 0 saturated heterocycles. The molecule has 0 fully saturated rings. The number of rotatable bonds is 6. The highest BCUT2D eigenvalue weighted by Gasteiger charge is 2.18. The van der Waals surface area contributed by atoms with Crippen molar-refractivity contribution in [1.82, 2.24) is 9.55 Å². The Morgan fingerprint density at radius 2 is 1.80 bits per heavy atom. The quantitative estimate of drug-likeness (QED) is 0.411. The maximum atomic E-state index is 13.6. The fourth-order valence-electron chi connectivity index (χ4n) is 3.47. The zero-order valence-corrected chi connectivity index (χ0v) is 17.7. The van der Waals surface area contributed by atoms with Crippen molar-refractivity contribution in [2.75, 3.05) is 7.11 Å². The Kier molecular flexibility index (Phi) is 5.77. The van der Waals surface area contributed by atoms with E-state index in [1.807, 2.05) is 66.9 Å². The molecule has 0 atom stereocenters. The maximum Gasteiger partial charge on any atom is 0.305 e. The van der Waals surface area contributed by atoms with Crippen molar-refractivity contribution >= 4 is 27.5 Å². The third-order valence-electron chi connectivity index (χ3n) is 5.08. The summed E-state index contributed by atoms with van der Waals surface area (Å²) in [5, 5.41) is 2.62. The van der Waals surface area contributed by atoms with Crippen LogP contribution in [0, 0.1) is 6.92 Å². The largest absolute Gasteiger partial charge is 0.469 e. The van der Waals surface area contributed by atoms with Crippen LogP contribution in [0.4, 0.5) is 0 Å². The molecule has 152 valence electrons. The molecule has 0 radical (unpaired) electrons. The van der Waals surface area contributed by atoms with Gasteiger partial charge < -0.3 is 4.74 Å². The zero-order valence-electron chi connectivity index (χ0n) is 16.9. The highest BCUT2D eigenvalue weighted by atomic mass is 32.1. The molecule has 6 heteroatoms. The minimum Gasteiger partial charge on any atom is -0.469 e. The van der Waals surface area contributed by atoms with E-state index in [0.717, 1.165) is 27.1 Å². The first kappa shape index (κ1) is 20.0. The summed E-state index contributed by atoms with van der Waals surface area (Å²) in [5.41, 5.74) is 3.83. The fourth-order valence-corrected chi connectivity index (χ4v) is 4.41. The van der Waals surface area contributed by atoms with E-state index in [9.17, 15) is 9.59 Å². The summed E-state index contributed by atoms with van der Waals surface area (Å²) in [6.45, 7) is 2.42. The molecule has 2 heterocycles. The molecular weight excluding hydrogens is 396 g/mol. The van der Waals surface area contributed by atoms with Gasteiger partial charge in [0.05, 0.1) is 12.5 Å². The van der Waals surface area contributed by atoms with Crippen molar-refractivity contribution in [1.29, 1.82) is 0 Å². The number of carbonyl (C=O) groups is 1. The third-order valence-corrected chi connectivity index (χ3v) is 5.95. The molecule has 0 bridgehead atoms. The van der Waals surface area contributed by atoms with Gasteiger partial charge in [-0.05, 0) is 18.9 Å². The molecule has 4 rings (SSSR count). The third kappa shape index (κ3) is 3.91. The average Bonchev–Trinajstić information content (AvgIpc) is 3.20. The highest BCUT2D eigenvalue weighted by molar-refractivity contribution is 7.17. The number of aryl methyl sites for hydroxylation is 1. The van der Waals surface area contributed by atoms with Crippen molar-refractivity contribution in [3.05, 3.63) is 75.9 Å². The summed E-state index contributed by atoms with van der Waals surface area (Å²) < 4.78 is 6.43. The Labute approximate surface area is 178 Å². The van der Waals surface area contributed by atoms with Crippen LogP contribution in [0.5, 0.6) is 0 Å². The maximum absolute atomic E-state index is 13.6. The monoisotopic (exact) mass is 418 g/mol. The Morgan fingerprint density at radius 3 is 2.50 bits per heavy atom. The van der Waals surface area contributed by atoms with E-state index in [1.165, 1.54) is 18.4 Å². The van der Waals surface area contributed by atoms with E-state index in [0.29, 0.717) is 24.2 Å². The van der Waals surface area contributed by atoms with Crippen LogP contribution in [0.15, 0.2) is 64.8 Å². The second kappa shape index (κ2) is 8.63. The molecule has 30 heavy (non-hydrogen) atoms. The van der Waals surface area contributed by atoms with Gasteiger partial charge in [-0.25, -0.2) is 4.98 Å². The summed E-state index contributed by atoms with van der Waals surface area (Å²) in [6.07, 6.45) is 0.757. The van der Waals surface area contributed by atoms with Crippen molar-refractivity contribution < 1.29 is 9.53 Å². The van der Waals surface area contributed by atoms with Crippen molar-refractivity contribution in [2.24, 2.45) is 0 Å². The topological polar surface area (TPSA) is 61.2 Å². The second-order valence-electron chi connectivity index (χ2n) is 7.13. The molecule has 0 aliphatic rings. The SMILES string of the molecule is COC(=O)CCCn1c(-c2ccc(C)cc2)nc2scc(-c3ccccc3)c2c1=O. The number of methoxy groups -OCH3 is 1. The lowest BCUT2D eigenvalue weighted by Crippen LogP contribution is -2.24. The summed E-state index contributed by atoms with van der Waals surface area (Å²) >= 11 is 1.48. The van der Waals surface area contributed by atoms with Gasteiger partial charge in [-0.2, -0.15) is 0 Å². The van der Waals surface area contributed by atoms with E-state index in [1.54, 1.807) is 4.57 Å². The van der Waals surface area contributed by atoms with Gasteiger partial charge >= 0.3 is 5.97 Å². The van der Waals surface area contributed by atoms with Gasteiger partial charge in [-0.3, -0.25) is 14.2 Å². The minimum atomic E-state index is -0.283. The summed E-state index contributed by atoms with van der Waals surface area (Å²) in [5.74, 6) is 0.341. The Balaban J connectivity index is 1.87. The van der Waals surface area contributed by atoms with Crippen LogP contribution in [0.25, 0.3) is 32.7 Å². The predicted molar refractivity (Wildman–Crippen MR) is 121 cm³/mol. The normalized spacial score (nSPS) is 11.0. The summed E-state index contributed by atoms with van der Waals surface area (Å²) in [7, 11) is 1.37. The van der Waals surface area contributed by atoms with Gasteiger partial charge in [0, 0.05) is 29.5 Å². The minimum absolute atomic E-state index is 0.0828. The average molecular weight is 419 g/mol. The van der Waals surface area contributed by atoms with Crippen molar-refractivity contribution in [3.63, 3.8) is 0 Å². The van der Waals surface area contributed by atoms with Crippen LogP contribution in [-0.4, -0.2) is 22.6 Å². The molecule has 0 saturated carbocycles. The van der Waals surface area contributed by atoms with Gasteiger partial charge in [0.2, 0.25) is 0 Å². The molecule has 2 aromatic heterocycles. The fraction of sp³-hybridized carbons (Fsp3) is 0.208. The van der Waals surface area contributed by atoms with E-state index in [-0.39, 0.29) is 17.9 Å².